The Morgan fingerprint density at radius 1 is 1.05 bits per heavy atom. The van der Waals surface area contributed by atoms with Crippen LogP contribution in [0.1, 0.15) is 11.1 Å². The molecule has 0 unspecified atom stereocenters. The van der Waals surface area contributed by atoms with Crippen LogP contribution in [0.3, 0.4) is 0 Å². The third kappa shape index (κ3) is 3.63. The van der Waals surface area contributed by atoms with E-state index in [1.54, 1.807) is 12.1 Å². The molecule has 5 N–H and O–H groups in total. The summed E-state index contributed by atoms with van der Waals surface area (Å²) in [7, 11) is 0. The second-order valence-corrected chi connectivity index (χ2v) is 4.41. The number of nitrogen functional groups attached to an aromatic ring is 1. The zero-order valence-electron chi connectivity index (χ0n) is 10.6. The first-order chi connectivity index (χ1) is 9.19. The third-order valence-electron chi connectivity index (χ3n) is 2.96. The van der Waals surface area contributed by atoms with Crippen LogP contribution in [0.5, 0.6) is 5.75 Å². The zero-order chi connectivity index (χ0) is 13.7. The highest BCUT2D eigenvalue weighted by Gasteiger charge is 2.01. The Balaban J connectivity index is 2.03. The molecule has 0 spiro atoms. The van der Waals surface area contributed by atoms with Crippen molar-refractivity contribution in [1.82, 2.24) is 0 Å². The maximum absolute atomic E-state index is 9.21. The van der Waals surface area contributed by atoms with Gasteiger partial charge in [-0.25, -0.2) is 0 Å². The monoisotopic (exact) mass is 258 g/mol. The molecule has 100 valence electrons. The average molecular weight is 258 g/mol. The summed E-state index contributed by atoms with van der Waals surface area (Å²) in [6, 6.07) is 12.8. The molecule has 0 saturated carbocycles. The van der Waals surface area contributed by atoms with Crippen LogP contribution in [0.25, 0.3) is 0 Å². The van der Waals surface area contributed by atoms with E-state index >= 15 is 0 Å². The number of aromatic hydroxyl groups is 1. The van der Waals surface area contributed by atoms with Gasteiger partial charge in [0.25, 0.3) is 0 Å². The van der Waals surface area contributed by atoms with E-state index in [0.717, 1.165) is 16.8 Å². The van der Waals surface area contributed by atoms with Gasteiger partial charge in [0.2, 0.25) is 0 Å². The highest BCUT2D eigenvalue weighted by atomic mass is 16.3. The maximum Gasteiger partial charge on any atom is 0.115 e. The summed E-state index contributed by atoms with van der Waals surface area (Å²) < 4.78 is 0. The van der Waals surface area contributed by atoms with Crippen molar-refractivity contribution < 1.29 is 10.2 Å². The van der Waals surface area contributed by atoms with Gasteiger partial charge in [0, 0.05) is 24.5 Å². The number of rotatable bonds is 5. The number of aliphatic hydroxyl groups excluding tert-OH is 1. The lowest BCUT2D eigenvalue weighted by atomic mass is 10.1. The van der Waals surface area contributed by atoms with Gasteiger partial charge >= 0.3 is 0 Å². The molecule has 2 aromatic rings. The number of nitrogens with one attached hydrogen (secondary N) is 1. The number of hydrogen-bond donors (Lipinski definition) is 4. The second kappa shape index (κ2) is 6.11. The zero-order valence-corrected chi connectivity index (χ0v) is 10.6. The Kier molecular flexibility index (Phi) is 4.26. The molecule has 0 heterocycles. The van der Waals surface area contributed by atoms with Crippen molar-refractivity contribution in [3.63, 3.8) is 0 Å². The average Bonchev–Trinajstić information content (AvgIpc) is 2.42. The van der Waals surface area contributed by atoms with Gasteiger partial charge in [-0.2, -0.15) is 0 Å². The molecule has 0 atom stereocenters. The van der Waals surface area contributed by atoms with Crippen LogP contribution >= 0.6 is 0 Å². The molecule has 0 aliphatic rings. The van der Waals surface area contributed by atoms with Crippen molar-refractivity contribution in [2.75, 3.05) is 17.7 Å². The molecule has 0 saturated heterocycles. The standard InChI is InChI=1S/C15H18N2O2/c16-15-6-3-13(9-12(15)7-8-18)17-10-11-1-4-14(19)5-2-11/h1-6,9,17-19H,7-8,10,16H2. The molecule has 0 amide bonds. The van der Waals surface area contributed by atoms with Crippen molar-refractivity contribution in [2.45, 2.75) is 13.0 Å². The summed E-state index contributed by atoms with van der Waals surface area (Å²) in [5, 5.41) is 21.5. The predicted octanol–water partition coefficient (Wildman–Crippen LogP) is 2.12. The number of phenols is 1. The number of anilines is 2. The summed E-state index contributed by atoms with van der Waals surface area (Å²) in [4.78, 5) is 0. The molecule has 0 radical (unpaired) electrons. The van der Waals surface area contributed by atoms with E-state index in [0.29, 0.717) is 18.7 Å². The van der Waals surface area contributed by atoms with Gasteiger partial charge in [0.15, 0.2) is 0 Å². The second-order valence-electron chi connectivity index (χ2n) is 4.41. The fourth-order valence-electron chi connectivity index (χ4n) is 1.87. The van der Waals surface area contributed by atoms with Crippen LogP contribution in [0.4, 0.5) is 11.4 Å². The molecule has 4 heteroatoms. The first kappa shape index (κ1) is 13.2. The minimum absolute atomic E-state index is 0.0889. The third-order valence-corrected chi connectivity index (χ3v) is 2.96. The Hall–Kier alpha value is -2.20. The lowest BCUT2D eigenvalue weighted by molar-refractivity contribution is 0.300. The van der Waals surface area contributed by atoms with E-state index in [1.807, 2.05) is 30.3 Å². The molecular formula is C15H18N2O2. The van der Waals surface area contributed by atoms with E-state index in [1.165, 1.54) is 0 Å². The number of hydrogen-bond acceptors (Lipinski definition) is 4. The van der Waals surface area contributed by atoms with Crippen molar-refractivity contribution in [1.29, 1.82) is 0 Å². The number of benzene rings is 2. The van der Waals surface area contributed by atoms with E-state index in [-0.39, 0.29) is 12.4 Å². The minimum atomic E-state index is 0.0889. The predicted molar refractivity (Wildman–Crippen MR) is 77.1 cm³/mol. The fraction of sp³-hybridized carbons (Fsp3) is 0.200. The van der Waals surface area contributed by atoms with Crippen LogP contribution in [0.2, 0.25) is 0 Å². The van der Waals surface area contributed by atoms with Gasteiger partial charge in [0.05, 0.1) is 0 Å². The Morgan fingerprint density at radius 2 is 1.79 bits per heavy atom. The smallest absolute Gasteiger partial charge is 0.115 e. The molecule has 2 rings (SSSR count). The van der Waals surface area contributed by atoms with Crippen LogP contribution in [-0.4, -0.2) is 16.8 Å². The lowest BCUT2D eigenvalue weighted by Crippen LogP contribution is -2.02. The van der Waals surface area contributed by atoms with E-state index < -0.39 is 0 Å². The highest BCUT2D eigenvalue weighted by Crippen LogP contribution is 2.19. The molecule has 0 fully saturated rings. The van der Waals surface area contributed by atoms with E-state index in [2.05, 4.69) is 5.32 Å². The summed E-state index contributed by atoms with van der Waals surface area (Å²) in [5.74, 6) is 0.265. The molecule has 0 bridgehead atoms. The van der Waals surface area contributed by atoms with Gasteiger partial charge in [-0.05, 0) is 47.9 Å². The molecule has 0 aliphatic carbocycles. The van der Waals surface area contributed by atoms with Crippen LogP contribution < -0.4 is 11.1 Å². The number of aliphatic hydroxyl groups is 1. The summed E-state index contributed by atoms with van der Waals surface area (Å²) >= 11 is 0. The fourth-order valence-corrected chi connectivity index (χ4v) is 1.87. The maximum atomic E-state index is 9.21. The molecule has 0 aliphatic heterocycles. The van der Waals surface area contributed by atoms with Crippen LogP contribution in [0, 0.1) is 0 Å². The normalized spacial score (nSPS) is 10.4. The van der Waals surface area contributed by atoms with Gasteiger partial charge in [0.1, 0.15) is 5.75 Å². The largest absolute Gasteiger partial charge is 0.508 e. The summed E-state index contributed by atoms with van der Waals surface area (Å²) in [6.45, 7) is 0.758. The Morgan fingerprint density at radius 3 is 2.47 bits per heavy atom. The molecule has 2 aromatic carbocycles. The molecular weight excluding hydrogens is 240 g/mol. The summed E-state index contributed by atoms with van der Waals surface area (Å²) in [5.41, 5.74) is 9.52. The number of phenolic OH excluding ortho intramolecular Hbond substituents is 1. The highest BCUT2D eigenvalue weighted by molar-refractivity contribution is 5.57. The molecule has 4 nitrogen and oxygen atoms in total. The summed E-state index contributed by atoms with van der Waals surface area (Å²) in [6.07, 6.45) is 0.556. The van der Waals surface area contributed by atoms with E-state index in [9.17, 15) is 5.11 Å². The van der Waals surface area contributed by atoms with E-state index in [4.69, 9.17) is 10.8 Å². The van der Waals surface area contributed by atoms with Crippen LogP contribution in [-0.2, 0) is 13.0 Å². The first-order valence-electron chi connectivity index (χ1n) is 6.20. The Labute approximate surface area is 112 Å². The quantitative estimate of drug-likeness (QED) is 0.619. The first-order valence-corrected chi connectivity index (χ1v) is 6.20. The minimum Gasteiger partial charge on any atom is -0.508 e. The topological polar surface area (TPSA) is 78.5 Å². The van der Waals surface area contributed by atoms with Gasteiger partial charge < -0.3 is 21.3 Å². The van der Waals surface area contributed by atoms with Crippen LogP contribution in [0.15, 0.2) is 42.5 Å². The van der Waals surface area contributed by atoms with Gasteiger partial charge in [-0.1, -0.05) is 12.1 Å². The van der Waals surface area contributed by atoms with Crippen molar-refractivity contribution in [2.24, 2.45) is 0 Å². The SMILES string of the molecule is Nc1ccc(NCc2ccc(O)cc2)cc1CCO. The Bertz CT molecular complexity index is 538. The van der Waals surface area contributed by atoms with Crippen molar-refractivity contribution in [3.8, 4) is 5.75 Å². The number of nitrogens with two attached hydrogens (primary N) is 1. The van der Waals surface area contributed by atoms with Gasteiger partial charge in [-0.3, -0.25) is 0 Å². The van der Waals surface area contributed by atoms with Gasteiger partial charge in [-0.15, -0.1) is 0 Å². The van der Waals surface area contributed by atoms with Crippen molar-refractivity contribution in [3.05, 3.63) is 53.6 Å². The molecule has 19 heavy (non-hydrogen) atoms. The van der Waals surface area contributed by atoms with Crippen molar-refractivity contribution >= 4 is 11.4 Å². The molecule has 0 aromatic heterocycles. The lowest BCUT2D eigenvalue weighted by Gasteiger charge is -2.10.